The van der Waals surface area contributed by atoms with Gasteiger partial charge in [0.1, 0.15) is 16.9 Å². The van der Waals surface area contributed by atoms with Crippen LogP contribution in [-0.2, 0) is 51.2 Å². The zero-order valence-electron chi connectivity index (χ0n) is 61.9. The number of pyridine rings is 3. The predicted molar refractivity (Wildman–Crippen MR) is 425 cm³/mol. The van der Waals surface area contributed by atoms with Crippen molar-refractivity contribution in [1.29, 1.82) is 0 Å². The van der Waals surface area contributed by atoms with Crippen LogP contribution in [0, 0.1) is 62.3 Å². The van der Waals surface area contributed by atoms with E-state index in [-0.39, 0.29) is 40.5 Å². The number of rotatable bonds is 16. The van der Waals surface area contributed by atoms with Gasteiger partial charge in [-0.1, -0.05) is 71.2 Å². The highest BCUT2D eigenvalue weighted by Gasteiger charge is 2.38. The van der Waals surface area contributed by atoms with Gasteiger partial charge in [-0.15, -0.1) is 0 Å². The predicted octanol–water partition coefficient (Wildman–Crippen LogP) is 18.4. The Bertz CT molecular complexity index is 4840. The Hall–Kier alpha value is -7.90. The number of carbonyl (C=O) groups is 3. The van der Waals surface area contributed by atoms with Crippen LogP contribution >= 0.6 is 75.3 Å². The summed E-state index contributed by atoms with van der Waals surface area (Å²) in [5.74, 6) is -1.99. The van der Waals surface area contributed by atoms with Crippen molar-refractivity contribution in [2.75, 3.05) is 14.2 Å². The Labute approximate surface area is 638 Å². The number of hydrogen-bond donors (Lipinski definition) is 2. The van der Waals surface area contributed by atoms with E-state index >= 15 is 0 Å². The normalized spacial score (nSPS) is 12.4. The first-order valence-corrected chi connectivity index (χ1v) is 33.8. The number of carbonyl (C=O) groups excluding carboxylic acids is 2. The van der Waals surface area contributed by atoms with Gasteiger partial charge in [-0.2, -0.15) is 40.5 Å². The third kappa shape index (κ3) is 19.0. The molecule has 8 aromatic heterocycles. The largest absolute Gasteiger partial charge is 0.479 e. The van der Waals surface area contributed by atoms with Crippen LogP contribution in [0.3, 0.4) is 0 Å². The summed E-state index contributed by atoms with van der Waals surface area (Å²) in [5.41, 5.74) is 17.6. The maximum Gasteiger partial charge on any atom is 0.339 e. The van der Waals surface area contributed by atoms with Gasteiger partial charge in [-0.3, -0.25) is 19.9 Å². The summed E-state index contributed by atoms with van der Waals surface area (Å²) in [6.45, 7) is 35.9. The fourth-order valence-corrected chi connectivity index (χ4v) is 12.8. The summed E-state index contributed by atoms with van der Waals surface area (Å²) in [4.78, 5) is 73.8. The number of hydrogen-bond acceptors (Lipinski definition) is 15. The van der Waals surface area contributed by atoms with Crippen LogP contribution in [0.4, 0.5) is 0 Å². The lowest BCUT2D eigenvalue weighted by atomic mass is 9.91. The lowest BCUT2D eigenvalue weighted by Gasteiger charge is -2.28. The molecule has 11 aromatic rings. The monoisotopic (exact) mass is 1510 g/mol. The number of carboxylic acids is 1. The topological polar surface area (TPSA) is 233 Å². The lowest BCUT2D eigenvalue weighted by molar-refractivity contribution is -0.164. The standard InChI is InChI=1S/C28H31ClN4O3.C27H29ClN4O3.C23H27ClN2O3.3H2S/c1-16-18(3)33(15-21-14-30-12-13-31-21)26-22(16)24(19-8-10-20(29)11-9-19)23(17(2)32-26)25(27(34)35-7)36-28(4,5)6;1-15-17(3)32(14-20-13-29-11-12-30-20)25-21(15)23(18-7-9-19(28)10-8-18)22(16(2)31-25)24(26(33)34)35-27(4,5)6;1-12-13(2)25-21-17(12)19(15-8-10-16(24)11-9-15)18(14(3)26-21)20(22(27)28-7)29-23(4,5)6;;;/h8-14,25H,15H2,1-7H3;7-13,24H,14H2,1-6H3,(H,33,34);8-11,20H,1-7H3,(H,25,26);3*1H2/t25-;24-;20-;;;/m000.../s1. The van der Waals surface area contributed by atoms with E-state index in [9.17, 15) is 19.5 Å². The van der Waals surface area contributed by atoms with Gasteiger partial charge in [0.15, 0.2) is 18.3 Å². The summed E-state index contributed by atoms with van der Waals surface area (Å²) in [6, 6.07) is 22.6. The van der Waals surface area contributed by atoms with E-state index in [4.69, 9.17) is 73.4 Å². The third-order valence-corrected chi connectivity index (χ3v) is 17.9. The number of nitrogens with one attached hydrogen (secondary N) is 1. The quantitative estimate of drug-likeness (QED) is 0.0856. The maximum absolute atomic E-state index is 13.1. The van der Waals surface area contributed by atoms with Crippen molar-refractivity contribution in [2.45, 2.75) is 173 Å². The van der Waals surface area contributed by atoms with Crippen LogP contribution in [0.2, 0.25) is 15.1 Å². The van der Waals surface area contributed by atoms with E-state index in [0.717, 1.165) is 112 Å². The van der Waals surface area contributed by atoms with E-state index in [1.807, 2.05) is 171 Å². The fourth-order valence-electron chi connectivity index (χ4n) is 12.4. The van der Waals surface area contributed by atoms with Crippen molar-refractivity contribution in [2.24, 2.45) is 0 Å². The molecule has 0 fully saturated rings. The second-order valence-corrected chi connectivity index (χ2v) is 29.0. The molecule has 0 aliphatic heterocycles. The Morgan fingerprint density at radius 3 is 1.10 bits per heavy atom. The number of aromatic nitrogens is 10. The molecule has 0 aliphatic carbocycles. The van der Waals surface area contributed by atoms with Gasteiger partial charge in [0, 0.05) is 124 Å². The number of halogens is 3. The molecule has 0 aliphatic rings. The number of fused-ring (bicyclic) bond motifs is 3. The first-order chi connectivity index (χ1) is 47.0. The lowest BCUT2D eigenvalue weighted by Crippen LogP contribution is -2.29. The highest BCUT2D eigenvalue weighted by atomic mass is 35.5. The van der Waals surface area contributed by atoms with Crippen LogP contribution in [0.15, 0.2) is 110 Å². The van der Waals surface area contributed by atoms with Crippen LogP contribution in [0.1, 0.15) is 160 Å². The molecule has 0 radical (unpaired) electrons. The molecule has 2 N–H and O–H groups in total. The van der Waals surface area contributed by atoms with Crippen molar-refractivity contribution in [3.63, 3.8) is 0 Å². The van der Waals surface area contributed by atoms with Crippen molar-refractivity contribution in [1.82, 2.24) is 49.0 Å². The molecule has 0 unspecified atom stereocenters. The zero-order chi connectivity index (χ0) is 73.2. The zero-order valence-corrected chi connectivity index (χ0v) is 67.2. The molecule has 0 bridgehead atoms. The minimum absolute atomic E-state index is 0. The average Bonchev–Trinajstić information content (AvgIpc) is 1.65. The fraction of sp³-hybridized carbons (Fsp3) is 0.359. The van der Waals surface area contributed by atoms with Crippen molar-refractivity contribution < 1.29 is 43.2 Å². The number of nitrogens with zero attached hydrogens (tertiary/aromatic N) is 9. The number of aliphatic carboxylic acids is 1. The molecule has 0 saturated carbocycles. The molecule has 11 rings (SSSR count). The number of aryl methyl sites for hydroxylation is 7. The third-order valence-electron chi connectivity index (χ3n) is 17.2. The Kier molecular flexibility index (Phi) is 28.0. The highest BCUT2D eigenvalue weighted by Crippen LogP contribution is 2.46. The van der Waals surface area contributed by atoms with E-state index in [1.165, 1.54) is 14.2 Å². The van der Waals surface area contributed by atoms with Crippen LogP contribution in [-0.4, -0.2) is 103 Å². The molecular weight excluding hydrogens is 1420 g/mol. The van der Waals surface area contributed by atoms with Gasteiger partial charge in [0.05, 0.1) is 67.9 Å². The molecule has 25 heteroatoms. The Morgan fingerprint density at radius 1 is 0.466 bits per heavy atom. The Morgan fingerprint density at radius 2 is 0.786 bits per heavy atom. The van der Waals surface area contributed by atoms with Gasteiger partial charge in [0.25, 0.3) is 0 Å². The van der Waals surface area contributed by atoms with Crippen molar-refractivity contribution >= 4 is 126 Å². The number of aromatic amines is 1. The second kappa shape index (κ2) is 34.3. The second-order valence-electron chi connectivity index (χ2n) is 27.7. The molecular formula is C78H93Cl3N10O9S3. The molecule has 3 aromatic carbocycles. The Balaban J connectivity index is 0.000000241. The van der Waals surface area contributed by atoms with Gasteiger partial charge in [0.2, 0.25) is 0 Å². The molecule has 0 spiro atoms. The summed E-state index contributed by atoms with van der Waals surface area (Å²) >= 11 is 18.6. The van der Waals surface area contributed by atoms with Gasteiger partial charge in [-0.05, 0) is 194 Å². The van der Waals surface area contributed by atoms with Gasteiger partial charge >= 0.3 is 17.9 Å². The summed E-state index contributed by atoms with van der Waals surface area (Å²) < 4.78 is 33.1. The van der Waals surface area contributed by atoms with E-state index < -0.39 is 53.0 Å². The minimum atomic E-state index is -1.19. The van der Waals surface area contributed by atoms with Crippen LogP contribution < -0.4 is 0 Å². The molecule has 0 saturated heterocycles. The highest BCUT2D eigenvalue weighted by molar-refractivity contribution is 7.59. The first-order valence-electron chi connectivity index (χ1n) is 32.7. The van der Waals surface area contributed by atoms with E-state index in [1.54, 1.807) is 49.3 Å². The smallest absolute Gasteiger partial charge is 0.339 e. The first kappa shape index (κ1) is 84.0. The van der Waals surface area contributed by atoms with E-state index in [0.29, 0.717) is 61.9 Å². The minimum Gasteiger partial charge on any atom is -0.479 e. The average molecular weight is 1520 g/mol. The van der Waals surface area contributed by atoms with Gasteiger partial charge < -0.3 is 42.9 Å². The summed E-state index contributed by atoms with van der Waals surface area (Å²) in [7, 11) is 2.74. The van der Waals surface area contributed by atoms with E-state index in [2.05, 4.69) is 47.9 Å². The van der Waals surface area contributed by atoms with Gasteiger partial charge in [-0.25, -0.2) is 29.3 Å². The SMILES string of the molecule is COC(=O)[C@@H](OC(C)(C)C)c1c(C)nc2[nH]c(C)c(C)c2c1-c1ccc(Cl)cc1.COC(=O)[C@@H](OC(C)(C)C)c1c(C)nc2c(c(C)c(C)n2Cc2cnccn2)c1-c1ccc(Cl)cc1.Cc1nc2c(c(C)c(C)n2Cc2cnccn2)c(-c2ccc(Cl)cc2)c1[C@H](OC(C)(C)C)C(=O)O.S.S.S. The number of ether oxygens (including phenoxy) is 5. The molecule has 19 nitrogen and oxygen atoms in total. The molecule has 548 valence electrons. The van der Waals surface area contributed by atoms with Crippen LogP contribution in [0.25, 0.3) is 66.5 Å². The maximum atomic E-state index is 13.1. The molecule has 3 atom stereocenters. The number of benzene rings is 3. The number of H-pyrrole nitrogens is 1. The summed E-state index contributed by atoms with van der Waals surface area (Å²) in [6.07, 6.45) is 7.09. The number of esters is 2. The molecule has 0 amide bonds. The molecule has 103 heavy (non-hydrogen) atoms. The van der Waals surface area contributed by atoms with Crippen LogP contribution in [0.5, 0.6) is 0 Å². The summed E-state index contributed by atoms with van der Waals surface area (Å²) in [5, 5.41) is 14.9. The molecule has 8 heterocycles. The number of carboxylic acid groups (broad SMARTS) is 1. The van der Waals surface area contributed by atoms with Crippen molar-refractivity contribution in [3.8, 4) is 33.4 Å². The van der Waals surface area contributed by atoms with Crippen molar-refractivity contribution in [3.05, 3.63) is 204 Å². The number of methoxy groups -OCH3 is 2.